The van der Waals surface area contributed by atoms with Crippen LogP contribution in [-0.4, -0.2) is 13.0 Å². The molecule has 0 unspecified atom stereocenters. The highest BCUT2D eigenvalue weighted by atomic mass is 16.5. The number of carbonyl (C=O) groups excluding carboxylic acids is 1. The Morgan fingerprint density at radius 3 is 2.57 bits per heavy atom. The molecule has 30 heavy (non-hydrogen) atoms. The minimum atomic E-state index is -0.516. The highest BCUT2D eigenvalue weighted by Crippen LogP contribution is 2.20. The first kappa shape index (κ1) is 19.3. The Morgan fingerprint density at radius 2 is 1.77 bits per heavy atom. The lowest BCUT2D eigenvalue weighted by atomic mass is 10.2. The lowest BCUT2D eigenvalue weighted by Gasteiger charge is -2.09. The topological polar surface area (TPSA) is 77.8 Å². The number of methoxy groups -OCH3 is 1. The van der Waals surface area contributed by atoms with Crippen molar-refractivity contribution in [1.29, 1.82) is 0 Å². The van der Waals surface area contributed by atoms with Crippen molar-refractivity contribution in [2.75, 3.05) is 12.4 Å². The van der Waals surface area contributed by atoms with Gasteiger partial charge in [-0.25, -0.2) is 0 Å². The quantitative estimate of drug-likeness (QED) is 0.510. The molecule has 6 nitrogen and oxygen atoms in total. The largest absolute Gasteiger partial charge is 0.497 e. The molecule has 0 atom stereocenters. The van der Waals surface area contributed by atoms with Crippen LogP contribution >= 0.6 is 0 Å². The molecule has 0 aliphatic carbocycles. The maximum Gasteiger partial charge on any atom is 0.291 e. The smallest absolute Gasteiger partial charge is 0.291 e. The molecular formula is C24H19NO5. The van der Waals surface area contributed by atoms with E-state index in [1.807, 2.05) is 48.5 Å². The molecule has 3 aromatic carbocycles. The minimum absolute atomic E-state index is 0.0771. The molecule has 150 valence electrons. The van der Waals surface area contributed by atoms with Gasteiger partial charge < -0.3 is 19.2 Å². The van der Waals surface area contributed by atoms with E-state index in [4.69, 9.17) is 13.9 Å². The van der Waals surface area contributed by atoms with Gasteiger partial charge in [-0.1, -0.05) is 30.3 Å². The van der Waals surface area contributed by atoms with Gasteiger partial charge in [0.05, 0.1) is 12.5 Å². The number of hydrogen-bond acceptors (Lipinski definition) is 5. The molecule has 1 heterocycles. The van der Waals surface area contributed by atoms with Gasteiger partial charge in [-0.05, 0) is 42.0 Å². The summed E-state index contributed by atoms with van der Waals surface area (Å²) in [6, 6.07) is 22.8. The van der Waals surface area contributed by atoms with Crippen molar-refractivity contribution in [3.8, 4) is 11.5 Å². The van der Waals surface area contributed by atoms with Crippen LogP contribution in [-0.2, 0) is 6.61 Å². The summed E-state index contributed by atoms with van der Waals surface area (Å²) < 4.78 is 16.5. The summed E-state index contributed by atoms with van der Waals surface area (Å²) in [7, 11) is 1.52. The number of ether oxygens (including phenoxy) is 2. The van der Waals surface area contributed by atoms with E-state index in [9.17, 15) is 9.59 Å². The van der Waals surface area contributed by atoms with Crippen molar-refractivity contribution < 1.29 is 18.7 Å². The van der Waals surface area contributed by atoms with Gasteiger partial charge in [0, 0.05) is 17.8 Å². The van der Waals surface area contributed by atoms with E-state index in [1.165, 1.54) is 13.2 Å². The van der Waals surface area contributed by atoms with Crippen molar-refractivity contribution in [2.24, 2.45) is 0 Å². The fourth-order valence-electron chi connectivity index (χ4n) is 2.99. The number of hydrogen-bond donors (Lipinski definition) is 1. The number of fused-ring (bicyclic) bond motifs is 1. The van der Waals surface area contributed by atoms with E-state index in [0.717, 1.165) is 11.3 Å². The fourth-order valence-corrected chi connectivity index (χ4v) is 2.99. The first-order valence-corrected chi connectivity index (χ1v) is 9.32. The number of amides is 1. The summed E-state index contributed by atoms with van der Waals surface area (Å²) in [4.78, 5) is 25.0. The number of anilines is 1. The third kappa shape index (κ3) is 4.33. The van der Waals surface area contributed by atoms with Gasteiger partial charge in [-0.3, -0.25) is 9.59 Å². The maximum absolute atomic E-state index is 12.6. The van der Waals surface area contributed by atoms with E-state index in [2.05, 4.69) is 5.32 Å². The van der Waals surface area contributed by atoms with E-state index in [0.29, 0.717) is 23.4 Å². The highest BCUT2D eigenvalue weighted by Gasteiger charge is 2.13. The first-order chi connectivity index (χ1) is 14.6. The summed E-state index contributed by atoms with van der Waals surface area (Å²) in [6.07, 6.45) is 0. The molecule has 1 amide bonds. The molecule has 0 radical (unpaired) electrons. The zero-order valence-corrected chi connectivity index (χ0v) is 16.3. The Labute approximate surface area is 172 Å². The average molecular weight is 401 g/mol. The van der Waals surface area contributed by atoms with E-state index in [1.54, 1.807) is 24.3 Å². The number of rotatable bonds is 6. The normalized spacial score (nSPS) is 10.6. The summed E-state index contributed by atoms with van der Waals surface area (Å²) in [5, 5.41) is 3.14. The van der Waals surface area contributed by atoms with Crippen LogP contribution in [0.2, 0.25) is 0 Å². The molecule has 4 aromatic rings. The van der Waals surface area contributed by atoms with Gasteiger partial charge in [0.15, 0.2) is 11.2 Å². The molecule has 0 bridgehead atoms. The van der Waals surface area contributed by atoms with E-state index < -0.39 is 5.91 Å². The minimum Gasteiger partial charge on any atom is -0.497 e. The number of carbonyl (C=O) groups is 1. The van der Waals surface area contributed by atoms with Crippen LogP contribution in [0.4, 0.5) is 5.69 Å². The predicted molar refractivity (Wildman–Crippen MR) is 114 cm³/mol. The molecular weight excluding hydrogens is 382 g/mol. The molecule has 0 saturated heterocycles. The summed E-state index contributed by atoms with van der Waals surface area (Å²) in [6.45, 7) is 0.360. The third-order valence-corrected chi connectivity index (χ3v) is 4.49. The van der Waals surface area contributed by atoms with Gasteiger partial charge in [0.25, 0.3) is 5.91 Å². The number of benzene rings is 3. The van der Waals surface area contributed by atoms with Crippen LogP contribution in [0.25, 0.3) is 11.0 Å². The zero-order valence-electron chi connectivity index (χ0n) is 16.3. The summed E-state index contributed by atoms with van der Waals surface area (Å²) in [5.74, 6) is 0.708. The van der Waals surface area contributed by atoms with Crippen molar-refractivity contribution in [2.45, 2.75) is 6.61 Å². The molecule has 0 aliphatic rings. The Hall–Kier alpha value is -4.06. The summed E-state index contributed by atoms with van der Waals surface area (Å²) in [5.41, 5.74) is 1.45. The average Bonchev–Trinajstić information content (AvgIpc) is 2.78. The highest BCUT2D eigenvalue weighted by molar-refractivity contribution is 6.03. The lowest BCUT2D eigenvalue weighted by molar-refractivity contribution is 0.0997. The predicted octanol–water partition coefficient (Wildman–Crippen LogP) is 4.63. The van der Waals surface area contributed by atoms with Gasteiger partial charge >= 0.3 is 0 Å². The van der Waals surface area contributed by atoms with Gasteiger partial charge in [-0.2, -0.15) is 0 Å². The Balaban J connectivity index is 1.51. The standard InChI is InChI=1S/C24H19NO5/c1-28-19-10-11-20-21(26)14-23(30-22(20)13-19)24(27)25-17-7-5-6-16(12-17)15-29-18-8-3-2-4-9-18/h2-14H,15H2,1H3,(H,25,27). The monoisotopic (exact) mass is 401 g/mol. The second kappa shape index (κ2) is 8.53. The third-order valence-electron chi connectivity index (χ3n) is 4.49. The Morgan fingerprint density at radius 1 is 0.933 bits per heavy atom. The van der Waals surface area contributed by atoms with E-state index in [-0.39, 0.29) is 16.8 Å². The molecule has 0 fully saturated rings. The second-order valence-electron chi connectivity index (χ2n) is 6.59. The van der Waals surface area contributed by atoms with Gasteiger partial charge in [0.1, 0.15) is 23.7 Å². The Kier molecular flexibility index (Phi) is 5.48. The van der Waals surface area contributed by atoms with Gasteiger partial charge in [0.2, 0.25) is 0 Å². The summed E-state index contributed by atoms with van der Waals surface area (Å²) >= 11 is 0. The zero-order chi connectivity index (χ0) is 20.9. The SMILES string of the molecule is COc1ccc2c(=O)cc(C(=O)Nc3cccc(COc4ccccc4)c3)oc2c1. The number of para-hydroxylation sites is 1. The van der Waals surface area contributed by atoms with Gasteiger partial charge in [-0.15, -0.1) is 0 Å². The molecule has 4 rings (SSSR count). The fraction of sp³-hybridized carbons (Fsp3) is 0.0833. The van der Waals surface area contributed by atoms with Crippen molar-refractivity contribution in [1.82, 2.24) is 0 Å². The van der Waals surface area contributed by atoms with Crippen molar-refractivity contribution in [3.63, 3.8) is 0 Å². The van der Waals surface area contributed by atoms with Crippen LogP contribution in [0.1, 0.15) is 16.1 Å². The van der Waals surface area contributed by atoms with Crippen LogP contribution in [0.3, 0.4) is 0 Å². The number of nitrogens with one attached hydrogen (secondary N) is 1. The van der Waals surface area contributed by atoms with Crippen LogP contribution in [0, 0.1) is 0 Å². The van der Waals surface area contributed by atoms with Crippen molar-refractivity contribution >= 4 is 22.6 Å². The lowest BCUT2D eigenvalue weighted by Crippen LogP contribution is -2.15. The molecule has 0 aliphatic heterocycles. The second-order valence-corrected chi connectivity index (χ2v) is 6.59. The Bertz CT molecular complexity index is 1250. The molecule has 0 saturated carbocycles. The molecule has 1 aromatic heterocycles. The van der Waals surface area contributed by atoms with Crippen LogP contribution in [0.5, 0.6) is 11.5 Å². The maximum atomic E-state index is 12.6. The van der Waals surface area contributed by atoms with Crippen LogP contribution in [0.15, 0.2) is 88.1 Å². The molecule has 6 heteroatoms. The van der Waals surface area contributed by atoms with Crippen molar-refractivity contribution in [3.05, 3.63) is 100 Å². The molecule has 1 N–H and O–H groups in total. The van der Waals surface area contributed by atoms with E-state index >= 15 is 0 Å². The van der Waals surface area contributed by atoms with Crippen LogP contribution < -0.4 is 20.2 Å². The first-order valence-electron chi connectivity index (χ1n) is 9.32. The molecule has 0 spiro atoms.